The Kier molecular flexibility index (Phi) is 5.03. The molecule has 1 aliphatic rings. The van der Waals surface area contributed by atoms with Crippen LogP contribution in [0.5, 0.6) is 5.75 Å². The van der Waals surface area contributed by atoms with Crippen LogP contribution >= 0.6 is 0 Å². The first-order valence-electron chi connectivity index (χ1n) is 8.54. The topological polar surface area (TPSA) is 79.9 Å². The van der Waals surface area contributed by atoms with Gasteiger partial charge in [-0.15, -0.1) is 0 Å². The Morgan fingerprint density at radius 1 is 1.44 bits per heavy atom. The van der Waals surface area contributed by atoms with E-state index in [2.05, 4.69) is 20.9 Å². The van der Waals surface area contributed by atoms with Gasteiger partial charge in [0, 0.05) is 31.4 Å². The molecule has 3 rings (SSSR count). The summed E-state index contributed by atoms with van der Waals surface area (Å²) in [6, 6.07) is 9.15. The highest BCUT2D eigenvalue weighted by molar-refractivity contribution is 5.81. The van der Waals surface area contributed by atoms with Gasteiger partial charge in [-0.05, 0) is 24.5 Å². The van der Waals surface area contributed by atoms with E-state index in [1.165, 1.54) is 0 Å². The first kappa shape index (κ1) is 17.0. The molecule has 0 unspecified atom stereocenters. The van der Waals surface area contributed by atoms with E-state index in [1.807, 2.05) is 20.0 Å². The maximum absolute atomic E-state index is 12.8. The van der Waals surface area contributed by atoms with Crippen LogP contribution in [0.4, 0.5) is 0 Å². The molecule has 2 aromatic rings. The van der Waals surface area contributed by atoms with Crippen molar-refractivity contribution in [3.8, 4) is 11.8 Å². The number of nitrogens with one attached hydrogen (secondary N) is 1. The maximum Gasteiger partial charge on any atom is 0.261 e. The van der Waals surface area contributed by atoms with Crippen molar-refractivity contribution in [2.75, 3.05) is 0 Å². The molecule has 1 aromatic carbocycles. The summed E-state index contributed by atoms with van der Waals surface area (Å²) in [7, 11) is 0. The van der Waals surface area contributed by atoms with Crippen LogP contribution in [0.3, 0.4) is 0 Å². The van der Waals surface area contributed by atoms with Gasteiger partial charge in [0.1, 0.15) is 17.6 Å². The zero-order valence-corrected chi connectivity index (χ0v) is 14.5. The number of aromatic nitrogens is 2. The monoisotopic (exact) mass is 338 g/mol. The average Bonchev–Trinajstić information content (AvgIpc) is 3.07. The van der Waals surface area contributed by atoms with Gasteiger partial charge in [-0.25, -0.2) is 4.98 Å². The van der Waals surface area contributed by atoms with Gasteiger partial charge in [-0.1, -0.05) is 26.0 Å². The summed E-state index contributed by atoms with van der Waals surface area (Å²) < 4.78 is 7.98. The molecular formula is C19H22N4O2. The highest BCUT2D eigenvalue weighted by Crippen LogP contribution is 2.21. The summed E-state index contributed by atoms with van der Waals surface area (Å²) in [5.41, 5.74) is 0.432. The molecule has 0 saturated heterocycles. The van der Waals surface area contributed by atoms with Crippen molar-refractivity contribution in [2.24, 2.45) is 5.92 Å². The van der Waals surface area contributed by atoms with E-state index in [0.29, 0.717) is 11.3 Å². The molecule has 2 heterocycles. The van der Waals surface area contributed by atoms with Gasteiger partial charge in [-0.3, -0.25) is 4.79 Å². The molecular weight excluding hydrogens is 316 g/mol. The largest absolute Gasteiger partial charge is 0.479 e. The second-order valence-corrected chi connectivity index (χ2v) is 6.63. The zero-order valence-electron chi connectivity index (χ0n) is 14.5. The Balaban J connectivity index is 1.68. The number of hydrogen-bond donors (Lipinski definition) is 1. The van der Waals surface area contributed by atoms with Gasteiger partial charge in [-0.2, -0.15) is 5.26 Å². The minimum Gasteiger partial charge on any atom is -0.479 e. The third-order valence-corrected chi connectivity index (χ3v) is 4.41. The second kappa shape index (κ2) is 7.39. The number of aryl methyl sites for hydroxylation is 1. The lowest BCUT2D eigenvalue weighted by Crippen LogP contribution is -2.48. The highest BCUT2D eigenvalue weighted by Gasteiger charge is 2.28. The molecule has 0 bridgehead atoms. The molecule has 0 spiro atoms. The van der Waals surface area contributed by atoms with Crippen LogP contribution in [0.25, 0.3) is 0 Å². The fraction of sp³-hybridized carbons (Fsp3) is 0.421. The summed E-state index contributed by atoms with van der Waals surface area (Å²) in [6.45, 7) is 4.60. The molecule has 1 N–H and O–H groups in total. The zero-order chi connectivity index (χ0) is 17.8. The number of nitrogens with zero attached hydrogens (tertiary/aromatic N) is 3. The summed E-state index contributed by atoms with van der Waals surface area (Å²) in [6.07, 6.45) is 4.80. The second-order valence-electron chi connectivity index (χ2n) is 6.63. The van der Waals surface area contributed by atoms with Crippen molar-refractivity contribution in [2.45, 2.75) is 45.4 Å². The molecule has 1 aliphatic heterocycles. The van der Waals surface area contributed by atoms with Gasteiger partial charge < -0.3 is 14.6 Å². The van der Waals surface area contributed by atoms with Gasteiger partial charge in [0.25, 0.3) is 5.91 Å². The number of nitriles is 1. The number of hydrogen-bond acceptors (Lipinski definition) is 4. The molecule has 2 atom stereocenters. The highest BCUT2D eigenvalue weighted by atomic mass is 16.5. The summed E-state index contributed by atoms with van der Waals surface area (Å²) in [5, 5.41) is 12.3. The number of benzene rings is 1. The number of rotatable bonds is 5. The van der Waals surface area contributed by atoms with Crippen molar-refractivity contribution in [3.63, 3.8) is 0 Å². The Bertz CT molecular complexity index is 791. The SMILES string of the molecule is CC(C)[C@@H](Oc1ccccc1C#N)C(=O)N[C@@H]1CCc2nccn2C1. The number of ether oxygens (including phenoxy) is 1. The number of imidazole rings is 1. The van der Waals surface area contributed by atoms with Gasteiger partial charge >= 0.3 is 0 Å². The quantitative estimate of drug-likeness (QED) is 0.907. The lowest BCUT2D eigenvalue weighted by Gasteiger charge is -2.28. The van der Waals surface area contributed by atoms with E-state index in [0.717, 1.165) is 25.2 Å². The van der Waals surface area contributed by atoms with Crippen LogP contribution < -0.4 is 10.1 Å². The van der Waals surface area contributed by atoms with Crippen LogP contribution in [0, 0.1) is 17.2 Å². The Labute approximate surface area is 147 Å². The predicted molar refractivity (Wildman–Crippen MR) is 92.9 cm³/mol. The molecule has 0 aliphatic carbocycles. The van der Waals surface area contributed by atoms with E-state index in [-0.39, 0.29) is 17.9 Å². The molecule has 130 valence electrons. The molecule has 25 heavy (non-hydrogen) atoms. The van der Waals surface area contributed by atoms with E-state index < -0.39 is 6.10 Å². The van der Waals surface area contributed by atoms with Crippen LogP contribution in [0.15, 0.2) is 36.7 Å². The lowest BCUT2D eigenvalue weighted by atomic mass is 10.0. The average molecular weight is 338 g/mol. The summed E-state index contributed by atoms with van der Waals surface area (Å²) in [5.74, 6) is 1.35. The van der Waals surface area contributed by atoms with Gasteiger partial charge in [0.2, 0.25) is 0 Å². The molecule has 1 amide bonds. The first-order valence-corrected chi connectivity index (χ1v) is 8.54. The molecule has 1 aromatic heterocycles. The third kappa shape index (κ3) is 3.82. The van der Waals surface area contributed by atoms with Crippen molar-refractivity contribution in [1.29, 1.82) is 5.26 Å². The third-order valence-electron chi connectivity index (χ3n) is 4.41. The van der Waals surface area contributed by atoms with Crippen LogP contribution in [0.1, 0.15) is 31.7 Å². The summed E-state index contributed by atoms with van der Waals surface area (Å²) in [4.78, 5) is 17.1. The molecule has 6 nitrogen and oxygen atoms in total. The number of amides is 1. The molecule has 0 radical (unpaired) electrons. The lowest BCUT2D eigenvalue weighted by molar-refractivity contribution is -0.130. The molecule has 0 saturated carbocycles. The van der Waals surface area contributed by atoms with E-state index >= 15 is 0 Å². The van der Waals surface area contributed by atoms with Crippen molar-refractivity contribution in [1.82, 2.24) is 14.9 Å². The van der Waals surface area contributed by atoms with Crippen LogP contribution in [-0.4, -0.2) is 27.6 Å². The predicted octanol–water partition coefficient (Wildman–Crippen LogP) is 2.29. The van der Waals surface area contributed by atoms with Crippen molar-refractivity contribution < 1.29 is 9.53 Å². The fourth-order valence-electron chi connectivity index (χ4n) is 3.06. The molecule has 0 fully saturated rings. The van der Waals surface area contributed by atoms with E-state index in [1.54, 1.807) is 30.5 Å². The van der Waals surface area contributed by atoms with Gasteiger partial charge in [0.15, 0.2) is 6.10 Å². The first-order chi connectivity index (χ1) is 12.1. The summed E-state index contributed by atoms with van der Waals surface area (Å²) >= 11 is 0. The number of carbonyl (C=O) groups excluding carboxylic acids is 1. The number of fused-ring (bicyclic) bond motifs is 1. The van der Waals surface area contributed by atoms with Crippen molar-refractivity contribution >= 4 is 5.91 Å². The van der Waals surface area contributed by atoms with E-state index in [9.17, 15) is 10.1 Å². The Morgan fingerprint density at radius 3 is 3.00 bits per heavy atom. The van der Waals surface area contributed by atoms with Gasteiger partial charge in [0.05, 0.1) is 5.56 Å². The minimum atomic E-state index is -0.640. The normalized spacial score (nSPS) is 17.4. The smallest absolute Gasteiger partial charge is 0.261 e. The fourth-order valence-corrected chi connectivity index (χ4v) is 3.06. The minimum absolute atomic E-state index is 0.0147. The van der Waals surface area contributed by atoms with Crippen LogP contribution in [-0.2, 0) is 17.8 Å². The maximum atomic E-state index is 12.8. The Hall–Kier alpha value is -2.81. The Morgan fingerprint density at radius 2 is 2.24 bits per heavy atom. The van der Waals surface area contributed by atoms with E-state index in [4.69, 9.17) is 4.74 Å². The van der Waals surface area contributed by atoms with Crippen molar-refractivity contribution in [3.05, 3.63) is 48.0 Å². The van der Waals surface area contributed by atoms with Crippen LogP contribution in [0.2, 0.25) is 0 Å². The molecule has 6 heteroatoms. The number of para-hydroxylation sites is 1. The standard InChI is InChI=1S/C19H22N4O2/c1-13(2)18(25-16-6-4-3-5-14(16)11-20)19(24)22-15-7-8-17-21-9-10-23(17)12-15/h3-6,9-10,13,15,18H,7-8,12H2,1-2H3,(H,22,24)/t15-,18-/m1/s1. The number of carbonyl (C=O) groups is 1.